The van der Waals surface area contributed by atoms with E-state index in [1.54, 1.807) is 11.8 Å². The summed E-state index contributed by atoms with van der Waals surface area (Å²) in [6.45, 7) is 4.57. The van der Waals surface area contributed by atoms with Gasteiger partial charge in [-0.05, 0) is 51.4 Å². The van der Waals surface area contributed by atoms with Gasteiger partial charge >= 0.3 is 12.0 Å². The number of urea groups is 1. The fourth-order valence-corrected chi connectivity index (χ4v) is 4.70. The van der Waals surface area contributed by atoms with Crippen molar-refractivity contribution in [3.05, 3.63) is 0 Å². The van der Waals surface area contributed by atoms with Gasteiger partial charge in [0.15, 0.2) is 6.10 Å². The maximum Gasteiger partial charge on any atom is 0.327 e. The van der Waals surface area contributed by atoms with Crippen molar-refractivity contribution < 1.29 is 23.9 Å². The van der Waals surface area contributed by atoms with Crippen molar-refractivity contribution in [3.63, 3.8) is 0 Å². The lowest BCUT2D eigenvalue weighted by molar-refractivity contribution is -0.160. The number of nitrogens with zero attached hydrogens (tertiary/aromatic N) is 2. The topological polar surface area (TPSA) is 96.0 Å². The molecule has 1 N–H and O–H groups in total. The molecule has 2 aliphatic heterocycles. The number of hydrogen-bond acceptors (Lipinski definition) is 5. The van der Waals surface area contributed by atoms with Crippen LogP contribution in [0, 0.1) is 5.92 Å². The smallest absolute Gasteiger partial charge is 0.327 e. The van der Waals surface area contributed by atoms with Crippen LogP contribution in [0.5, 0.6) is 0 Å². The lowest BCUT2D eigenvalue weighted by Gasteiger charge is -2.34. The zero-order chi connectivity index (χ0) is 21.0. The molecule has 162 valence electrons. The Morgan fingerprint density at radius 1 is 1.14 bits per heavy atom. The molecule has 0 radical (unpaired) electrons. The standard InChI is InChI=1S/C21H33N3O5/c1-3-16-8-10-21(11-9-16)19(27)24(20(28)22-21)14-17(25)29-15(2)18(26)23-12-6-4-5-7-13-23/h15-16H,3-14H2,1-2H3,(H,22,28). The van der Waals surface area contributed by atoms with Crippen molar-refractivity contribution in [1.82, 2.24) is 15.1 Å². The highest BCUT2D eigenvalue weighted by Gasteiger charge is 2.52. The SMILES string of the molecule is CCC1CCC2(CC1)NC(=O)N(CC(=O)OC(C)C(=O)N1CCCCCC1)C2=O. The van der Waals surface area contributed by atoms with Gasteiger partial charge in [-0.2, -0.15) is 0 Å². The molecule has 8 nitrogen and oxygen atoms in total. The number of carbonyl (C=O) groups excluding carboxylic acids is 4. The van der Waals surface area contributed by atoms with Crippen LogP contribution in [0.15, 0.2) is 0 Å². The predicted molar refractivity (Wildman–Crippen MR) is 106 cm³/mol. The average molecular weight is 408 g/mol. The molecule has 29 heavy (non-hydrogen) atoms. The summed E-state index contributed by atoms with van der Waals surface area (Å²) >= 11 is 0. The maximum atomic E-state index is 12.9. The van der Waals surface area contributed by atoms with Crippen molar-refractivity contribution in [2.24, 2.45) is 5.92 Å². The number of rotatable bonds is 5. The highest BCUT2D eigenvalue weighted by molar-refractivity contribution is 6.08. The first-order valence-electron chi connectivity index (χ1n) is 11.0. The Labute approximate surface area is 172 Å². The van der Waals surface area contributed by atoms with Gasteiger partial charge in [0.05, 0.1) is 0 Å². The predicted octanol–water partition coefficient (Wildman–Crippen LogP) is 2.21. The molecule has 1 aliphatic carbocycles. The minimum atomic E-state index is -0.921. The highest BCUT2D eigenvalue weighted by Crippen LogP contribution is 2.37. The van der Waals surface area contributed by atoms with Crippen LogP contribution >= 0.6 is 0 Å². The second-order valence-electron chi connectivity index (χ2n) is 8.63. The van der Waals surface area contributed by atoms with Gasteiger partial charge in [-0.1, -0.05) is 26.2 Å². The molecule has 0 bridgehead atoms. The van der Waals surface area contributed by atoms with E-state index in [-0.39, 0.29) is 11.8 Å². The molecular formula is C21H33N3O5. The van der Waals surface area contributed by atoms with E-state index >= 15 is 0 Å². The lowest BCUT2D eigenvalue weighted by Crippen LogP contribution is -2.50. The molecule has 3 fully saturated rings. The third-order valence-electron chi connectivity index (χ3n) is 6.64. The summed E-state index contributed by atoms with van der Waals surface area (Å²) < 4.78 is 5.27. The van der Waals surface area contributed by atoms with Crippen molar-refractivity contribution in [2.75, 3.05) is 19.6 Å². The Morgan fingerprint density at radius 3 is 2.34 bits per heavy atom. The summed E-state index contributed by atoms with van der Waals surface area (Å²) in [5.41, 5.74) is -0.878. The monoisotopic (exact) mass is 407 g/mol. The number of carbonyl (C=O) groups is 4. The molecule has 1 atom stereocenters. The molecule has 8 heteroatoms. The maximum absolute atomic E-state index is 12.9. The van der Waals surface area contributed by atoms with Gasteiger partial charge < -0.3 is 15.0 Å². The molecule has 2 heterocycles. The molecular weight excluding hydrogens is 374 g/mol. The quantitative estimate of drug-likeness (QED) is 0.557. The van der Waals surface area contributed by atoms with E-state index in [9.17, 15) is 19.2 Å². The summed E-state index contributed by atoms with van der Waals surface area (Å²) in [5.74, 6) is -0.717. The van der Waals surface area contributed by atoms with Gasteiger partial charge in [0.2, 0.25) is 0 Å². The minimum absolute atomic E-state index is 0.216. The normalized spacial score (nSPS) is 28.8. The lowest BCUT2D eigenvalue weighted by atomic mass is 9.75. The summed E-state index contributed by atoms with van der Waals surface area (Å²) in [5, 5.41) is 2.81. The first kappa shape index (κ1) is 21.6. The van der Waals surface area contributed by atoms with Gasteiger partial charge in [-0.3, -0.25) is 19.3 Å². The molecule has 1 unspecified atom stereocenters. The zero-order valence-corrected chi connectivity index (χ0v) is 17.6. The van der Waals surface area contributed by atoms with Gasteiger partial charge in [0.1, 0.15) is 12.1 Å². The number of likely N-dealkylation sites (tertiary alicyclic amines) is 1. The van der Waals surface area contributed by atoms with E-state index in [1.807, 2.05) is 0 Å². The summed E-state index contributed by atoms with van der Waals surface area (Å²) in [6.07, 6.45) is 7.25. The van der Waals surface area contributed by atoms with Crippen LogP contribution in [0.4, 0.5) is 4.79 Å². The summed E-state index contributed by atoms with van der Waals surface area (Å²) in [6, 6.07) is -0.548. The van der Waals surface area contributed by atoms with Crippen LogP contribution in [-0.2, 0) is 19.1 Å². The molecule has 0 aromatic heterocycles. The highest BCUT2D eigenvalue weighted by atomic mass is 16.5. The van der Waals surface area contributed by atoms with Crippen molar-refractivity contribution in [3.8, 4) is 0 Å². The van der Waals surface area contributed by atoms with Crippen molar-refractivity contribution in [2.45, 2.75) is 83.3 Å². The van der Waals surface area contributed by atoms with E-state index in [2.05, 4.69) is 12.2 Å². The van der Waals surface area contributed by atoms with E-state index in [0.29, 0.717) is 31.8 Å². The molecule has 0 aromatic carbocycles. The van der Waals surface area contributed by atoms with Gasteiger partial charge in [0, 0.05) is 13.1 Å². The Morgan fingerprint density at radius 2 is 1.76 bits per heavy atom. The minimum Gasteiger partial charge on any atom is -0.451 e. The molecule has 3 aliphatic rings. The molecule has 0 aromatic rings. The van der Waals surface area contributed by atoms with E-state index in [0.717, 1.165) is 49.8 Å². The van der Waals surface area contributed by atoms with Crippen LogP contribution in [0.3, 0.4) is 0 Å². The van der Waals surface area contributed by atoms with Crippen LogP contribution < -0.4 is 5.32 Å². The van der Waals surface area contributed by atoms with Gasteiger partial charge in [0.25, 0.3) is 11.8 Å². The molecule has 1 saturated carbocycles. The number of ether oxygens (including phenoxy) is 1. The number of hydrogen-bond donors (Lipinski definition) is 1. The van der Waals surface area contributed by atoms with E-state index in [4.69, 9.17) is 4.74 Å². The second-order valence-corrected chi connectivity index (χ2v) is 8.63. The third kappa shape index (κ3) is 4.73. The first-order chi connectivity index (χ1) is 13.9. The molecule has 1 spiro atoms. The van der Waals surface area contributed by atoms with Gasteiger partial charge in [-0.25, -0.2) is 4.79 Å². The fraction of sp³-hybridized carbons (Fsp3) is 0.810. The Bertz CT molecular complexity index is 649. The zero-order valence-electron chi connectivity index (χ0n) is 17.6. The third-order valence-corrected chi connectivity index (χ3v) is 6.64. The molecule has 4 amide bonds. The van der Waals surface area contributed by atoms with Crippen LogP contribution in [0.2, 0.25) is 0 Å². The Hall–Kier alpha value is -2.12. The fourth-order valence-electron chi connectivity index (χ4n) is 4.70. The van der Waals surface area contributed by atoms with E-state index < -0.39 is 30.2 Å². The first-order valence-corrected chi connectivity index (χ1v) is 11.0. The van der Waals surface area contributed by atoms with Crippen LogP contribution in [0.25, 0.3) is 0 Å². The van der Waals surface area contributed by atoms with Crippen molar-refractivity contribution in [1.29, 1.82) is 0 Å². The molecule has 3 rings (SSSR count). The largest absolute Gasteiger partial charge is 0.451 e. The number of nitrogens with one attached hydrogen (secondary N) is 1. The number of imide groups is 1. The van der Waals surface area contributed by atoms with Gasteiger partial charge in [-0.15, -0.1) is 0 Å². The van der Waals surface area contributed by atoms with Crippen molar-refractivity contribution >= 4 is 23.8 Å². The molecule has 2 saturated heterocycles. The summed E-state index contributed by atoms with van der Waals surface area (Å²) in [7, 11) is 0. The Balaban J connectivity index is 1.54. The number of esters is 1. The summed E-state index contributed by atoms with van der Waals surface area (Å²) in [4.78, 5) is 52.8. The average Bonchev–Trinajstić information content (AvgIpc) is 2.92. The van der Waals surface area contributed by atoms with Crippen LogP contribution in [0.1, 0.15) is 71.6 Å². The second kappa shape index (κ2) is 9.13. The van der Waals surface area contributed by atoms with E-state index in [1.165, 1.54) is 0 Å². The number of amides is 4. The Kier molecular flexibility index (Phi) is 6.80. The van der Waals surface area contributed by atoms with Crippen LogP contribution in [-0.4, -0.2) is 64.9 Å².